The highest BCUT2D eigenvalue weighted by Crippen LogP contribution is 2.42. The fraction of sp³-hybridized carbons (Fsp3) is 0.796. The van der Waals surface area contributed by atoms with Gasteiger partial charge < -0.3 is 58.3 Å². The van der Waals surface area contributed by atoms with Gasteiger partial charge in [0.05, 0.1) is 59.3 Å². The second-order valence-corrected chi connectivity index (χ2v) is 20.6. The number of benzene rings is 1. The van der Waals surface area contributed by atoms with Gasteiger partial charge in [-0.1, -0.05) is 39.0 Å². The summed E-state index contributed by atoms with van der Waals surface area (Å²) < 4.78 is 53.4. The Morgan fingerprint density at radius 3 is 2.31 bits per heavy atom. The number of nitrogens with zero attached hydrogens (tertiary/aromatic N) is 4. The molecule has 2 amide bonds. The van der Waals surface area contributed by atoms with Crippen LogP contribution < -0.4 is 10.7 Å². The largest absolute Gasteiger partial charge is 0.458 e. The van der Waals surface area contributed by atoms with Crippen LogP contribution in [0.3, 0.4) is 0 Å². The summed E-state index contributed by atoms with van der Waals surface area (Å²) >= 11 is 0. The number of carbonyl (C=O) groups is 3. The van der Waals surface area contributed by atoms with E-state index in [2.05, 4.69) is 15.8 Å². The number of hydrogen-bond acceptors (Lipinski definition) is 16. The molecule has 68 heavy (non-hydrogen) atoms. The minimum Gasteiger partial charge on any atom is -0.458 e. The molecule has 4 N–H and O–H groups in total. The summed E-state index contributed by atoms with van der Waals surface area (Å²) in [6.07, 6.45) is -5.36. The first-order chi connectivity index (χ1) is 32.0. The molecule has 2 aromatic rings. The minimum absolute atomic E-state index is 0.113. The van der Waals surface area contributed by atoms with Crippen LogP contribution in [0.5, 0.6) is 0 Å². The normalized spacial score (nSPS) is 41.2. The van der Waals surface area contributed by atoms with Crippen molar-refractivity contribution in [3.8, 4) is 0 Å². The fourth-order valence-electron chi connectivity index (χ4n) is 11.2. The fourth-order valence-corrected chi connectivity index (χ4v) is 11.2. The number of hydrogen-bond donors (Lipinski definition) is 4. The van der Waals surface area contributed by atoms with Crippen molar-refractivity contribution < 1.29 is 62.5 Å². The van der Waals surface area contributed by atoms with E-state index in [-0.39, 0.29) is 37.3 Å². The molecule has 5 heterocycles. The Bertz CT molecular complexity index is 2030. The van der Waals surface area contributed by atoms with Crippen LogP contribution in [0.4, 0.5) is 4.79 Å². The maximum absolute atomic E-state index is 15.0. The summed E-state index contributed by atoms with van der Waals surface area (Å²) in [6.45, 7) is 19.0. The van der Waals surface area contributed by atoms with Gasteiger partial charge in [-0.05, 0) is 94.3 Å². The Labute approximate surface area is 402 Å². The summed E-state index contributed by atoms with van der Waals surface area (Å²) in [6, 6.07) is 6.07. The second-order valence-electron chi connectivity index (χ2n) is 20.6. The Morgan fingerprint density at radius 2 is 1.65 bits per heavy atom. The van der Waals surface area contributed by atoms with Crippen molar-refractivity contribution >= 4 is 28.9 Å². The Balaban J connectivity index is 1.38. The molecule has 4 aliphatic heterocycles. The lowest BCUT2D eigenvalue weighted by molar-refractivity contribution is -0.319. The molecule has 4 aliphatic rings. The number of rotatable bonds is 13. The molecule has 18 atom stereocenters. The van der Waals surface area contributed by atoms with Crippen molar-refractivity contribution in [3.63, 3.8) is 0 Å². The highest BCUT2D eigenvalue weighted by Gasteiger charge is 2.60. The van der Waals surface area contributed by atoms with Crippen molar-refractivity contribution in [3.05, 3.63) is 30.5 Å². The first kappa shape index (κ1) is 53.8. The molecule has 0 saturated carbocycles. The monoisotopic (exact) mass is 961 g/mol. The molecule has 1 aromatic heterocycles. The molecule has 6 rings (SSSR count). The first-order valence-electron chi connectivity index (χ1n) is 24.4. The molecule has 4 fully saturated rings. The van der Waals surface area contributed by atoms with E-state index in [9.17, 15) is 24.6 Å². The number of carbonyl (C=O) groups excluding carboxylic acids is 3. The molecule has 0 aliphatic carbocycles. The molecule has 0 bridgehead atoms. The first-order valence-corrected chi connectivity index (χ1v) is 24.4. The number of nitrogens with one attached hydrogen (secondary N) is 2. The van der Waals surface area contributed by atoms with Crippen molar-refractivity contribution in [2.45, 2.75) is 198 Å². The summed E-state index contributed by atoms with van der Waals surface area (Å²) in [7, 11) is 6.84. The van der Waals surface area contributed by atoms with E-state index in [1.165, 1.54) is 19.2 Å². The van der Waals surface area contributed by atoms with Gasteiger partial charge in [0.15, 0.2) is 18.2 Å². The molecule has 19 heteroatoms. The molecule has 19 nitrogen and oxygen atoms in total. The highest BCUT2D eigenvalue weighted by atomic mass is 16.7. The van der Waals surface area contributed by atoms with E-state index in [4.69, 9.17) is 37.9 Å². The lowest BCUT2D eigenvalue weighted by atomic mass is 9.77. The number of likely N-dealkylation sites (N-methyl/N-ethyl adjacent to an activating group) is 1. The molecular weight excluding hydrogens is 881 g/mol. The van der Waals surface area contributed by atoms with Crippen LogP contribution in [0.1, 0.15) is 101 Å². The molecule has 1 aromatic carbocycles. The van der Waals surface area contributed by atoms with Crippen LogP contribution in [0.15, 0.2) is 30.5 Å². The number of methoxy groups -OCH3 is 2. The van der Waals surface area contributed by atoms with E-state index >= 15 is 0 Å². The number of fused-ring (bicyclic) bond motifs is 2. The van der Waals surface area contributed by atoms with Crippen LogP contribution in [0.25, 0.3) is 10.9 Å². The van der Waals surface area contributed by atoms with Gasteiger partial charge in [0.2, 0.25) is 5.91 Å². The number of aromatic nitrogens is 2. The summed E-state index contributed by atoms with van der Waals surface area (Å²) in [5, 5.41) is 33.1. The lowest BCUT2D eigenvalue weighted by Gasteiger charge is -2.49. The van der Waals surface area contributed by atoms with Crippen LogP contribution in [-0.4, -0.2) is 173 Å². The van der Waals surface area contributed by atoms with Gasteiger partial charge in [-0.15, -0.1) is 0 Å². The van der Waals surface area contributed by atoms with Gasteiger partial charge in [-0.25, -0.2) is 15.2 Å². The molecular formula is C49H80N6O13. The number of ether oxygens (including phenoxy) is 8. The maximum atomic E-state index is 15.0. The zero-order chi connectivity index (χ0) is 50.0. The maximum Gasteiger partial charge on any atom is 0.425 e. The van der Waals surface area contributed by atoms with Gasteiger partial charge in [0.1, 0.15) is 24.4 Å². The average molecular weight is 961 g/mol. The van der Waals surface area contributed by atoms with Gasteiger partial charge in [0.25, 0.3) is 0 Å². The summed E-state index contributed by atoms with van der Waals surface area (Å²) in [4.78, 5) is 45.5. The molecule has 1 unspecified atom stereocenters. The molecule has 384 valence electrons. The zero-order valence-electron chi connectivity index (χ0n) is 42.7. The Hall–Kier alpha value is -3.50. The topological polar surface area (TPSA) is 214 Å². The van der Waals surface area contributed by atoms with Crippen LogP contribution in [-0.2, 0) is 54.0 Å². The van der Waals surface area contributed by atoms with Crippen molar-refractivity contribution in [2.75, 3.05) is 34.9 Å². The smallest absolute Gasteiger partial charge is 0.425 e. The number of hydrazine groups is 1. The van der Waals surface area contributed by atoms with E-state index in [0.717, 1.165) is 10.9 Å². The van der Waals surface area contributed by atoms with Crippen LogP contribution in [0.2, 0.25) is 0 Å². The van der Waals surface area contributed by atoms with Crippen LogP contribution in [0, 0.1) is 17.8 Å². The number of aryl methyl sites for hydroxylation is 1. The number of amides is 2. The van der Waals surface area contributed by atoms with Crippen molar-refractivity contribution in [1.82, 2.24) is 30.4 Å². The highest BCUT2D eigenvalue weighted by molar-refractivity contribution is 5.80. The summed E-state index contributed by atoms with van der Waals surface area (Å²) in [5.41, 5.74) is 0.496. The van der Waals surface area contributed by atoms with Crippen molar-refractivity contribution in [2.24, 2.45) is 17.8 Å². The van der Waals surface area contributed by atoms with Gasteiger partial charge in [-0.2, -0.15) is 5.10 Å². The standard InChI is InChI=1S/C49H80N6O13/c1-15-36-49(10)40(55(46(60)68-49)50-21-18-22-54-34-20-17-16-19-33(34)26-51-54)31(6)52-43(58)27(2)24-48(9,62-14)42(67-45-38(56)35(53(11)12)23-28(3)63-45)29(4)39(30(5)44(59)65-36)66-37-25-47(8,61-13)41(57)32(7)64-37/h16-17,19-20,26-32,35-42,45,50,56-57H,15,18,21-25H2,1-14H3,(H,52,58)/t27-,28-,29+,30-,31?,32+,35+,36+,37+,38-,39+,40-,41+,42+,45+,47-,48+,49-/m1/s1. The van der Waals surface area contributed by atoms with E-state index in [1.807, 2.05) is 88.8 Å². The van der Waals surface area contributed by atoms with E-state index in [0.29, 0.717) is 25.9 Å². The third kappa shape index (κ3) is 11.0. The molecule has 0 radical (unpaired) electrons. The number of aliphatic hydroxyl groups excluding tert-OH is 2. The van der Waals surface area contributed by atoms with E-state index in [1.54, 1.807) is 34.6 Å². The van der Waals surface area contributed by atoms with Gasteiger partial charge in [-0.3, -0.25) is 14.3 Å². The molecule has 0 spiro atoms. The predicted octanol–water partition coefficient (Wildman–Crippen LogP) is 4.15. The number of para-hydroxylation sites is 1. The zero-order valence-corrected chi connectivity index (χ0v) is 42.7. The Morgan fingerprint density at radius 1 is 0.956 bits per heavy atom. The third-order valence-corrected chi connectivity index (χ3v) is 15.3. The summed E-state index contributed by atoms with van der Waals surface area (Å²) in [5.74, 6) is -3.44. The predicted molar refractivity (Wildman–Crippen MR) is 251 cm³/mol. The van der Waals surface area contributed by atoms with E-state index < -0.39 is 108 Å². The quantitative estimate of drug-likeness (QED) is 0.164. The molecule has 4 saturated heterocycles. The van der Waals surface area contributed by atoms with Gasteiger partial charge in [0, 0.05) is 57.0 Å². The third-order valence-electron chi connectivity index (χ3n) is 15.3. The minimum atomic E-state index is -1.45. The SMILES string of the molecule is CC[C@@H]1OC(=O)[C@H](C)[C@@H](O[C@H]2C[C@@](C)(OC)[C@@H](O)[C@H](C)O2)[C@H](C)[C@H](O[C@@H]2O[C@H](C)C[C@H](N(C)C)[C@H]2O)[C@@](C)(OC)C[C@@H](C)C(=O)NC(C)[C@H]2N(NCCCn3ncc4ccccc43)C(=O)O[C@]12C. The van der Waals surface area contributed by atoms with Crippen molar-refractivity contribution in [1.29, 1.82) is 0 Å². The number of esters is 1. The lowest BCUT2D eigenvalue weighted by Crippen LogP contribution is -2.63. The average Bonchev–Trinajstić information content (AvgIpc) is 3.83. The Kier molecular flexibility index (Phi) is 17.3. The van der Waals surface area contributed by atoms with Crippen LogP contribution >= 0.6 is 0 Å². The second kappa shape index (κ2) is 21.9. The number of aliphatic hydroxyl groups is 2. The van der Waals surface area contributed by atoms with Gasteiger partial charge >= 0.3 is 12.1 Å². The number of cyclic esters (lactones) is 1.